The third-order valence-corrected chi connectivity index (χ3v) is 6.65. The van der Waals surface area contributed by atoms with E-state index in [1.165, 1.54) is 28.8 Å². The van der Waals surface area contributed by atoms with Gasteiger partial charge in [-0.1, -0.05) is 36.4 Å². The summed E-state index contributed by atoms with van der Waals surface area (Å²) in [6.07, 6.45) is 2.90. The summed E-state index contributed by atoms with van der Waals surface area (Å²) in [4.78, 5) is 17.3. The van der Waals surface area contributed by atoms with Gasteiger partial charge in [0.15, 0.2) is 0 Å². The fourth-order valence-corrected chi connectivity index (χ4v) is 4.88. The summed E-state index contributed by atoms with van der Waals surface area (Å²) in [6.45, 7) is 3.83. The van der Waals surface area contributed by atoms with Crippen LogP contribution >= 0.6 is 0 Å². The van der Waals surface area contributed by atoms with Crippen LogP contribution in [0.25, 0.3) is 11.1 Å². The Labute approximate surface area is 200 Å². The van der Waals surface area contributed by atoms with Crippen LogP contribution in [0.5, 0.6) is 5.75 Å². The fraction of sp³-hybridized carbons (Fsp3) is 0.321. The maximum Gasteiger partial charge on any atom is 0.322 e. The highest BCUT2D eigenvalue weighted by Gasteiger charge is 2.28. The lowest BCUT2D eigenvalue weighted by Crippen LogP contribution is -2.52. The van der Waals surface area contributed by atoms with Crippen LogP contribution in [0.3, 0.4) is 0 Å². The maximum absolute atomic E-state index is 13.1. The first-order valence-electron chi connectivity index (χ1n) is 12.0. The van der Waals surface area contributed by atoms with Gasteiger partial charge in [0.25, 0.3) is 0 Å². The quantitative estimate of drug-likeness (QED) is 0.557. The number of halogens is 1. The number of ether oxygens (including phenoxy) is 1. The molecule has 34 heavy (non-hydrogen) atoms. The minimum Gasteiger partial charge on any atom is -0.492 e. The summed E-state index contributed by atoms with van der Waals surface area (Å²) in [7, 11) is 0. The zero-order valence-corrected chi connectivity index (χ0v) is 19.3. The van der Waals surface area contributed by atoms with E-state index in [1.54, 1.807) is 12.1 Å². The molecule has 0 radical (unpaired) electrons. The van der Waals surface area contributed by atoms with E-state index in [-0.39, 0.29) is 17.9 Å². The van der Waals surface area contributed by atoms with E-state index in [4.69, 9.17) is 4.74 Å². The van der Waals surface area contributed by atoms with Crippen LogP contribution in [-0.4, -0.2) is 49.8 Å². The zero-order chi connectivity index (χ0) is 23.3. The Hall–Kier alpha value is -3.38. The summed E-state index contributed by atoms with van der Waals surface area (Å²) in [6, 6.07) is 22.9. The molecule has 6 heteroatoms. The van der Waals surface area contributed by atoms with Crippen molar-refractivity contribution >= 4 is 11.7 Å². The average molecular weight is 460 g/mol. The average Bonchev–Trinajstić information content (AvgIpc) is 3.30. The van der Waals surface area contributed by atoms with E-state index in [1.807, 2.05) is 23.1 Å². The normalized spacial score (nSPS) is 17.9. The van der Waals surface area contributed by atoms with Crippen molar-refractivity contribution in [3.63, 3.8) is 0 Å². The van der Waals surface area contributed by atoms with Crippen LogP contribution in [0.4, 0.5) is 14.9 Å². The molecule has 1 fully saturated rings. The number of amides is 2. The number of anilines is 1. The first-order valence-corrected chi connectivity index (χ1v) is 12.0. The monoisotopic (exact) mass is 459 g/mol. The summed E-state index contributed by atoms with van der Waals surface area (Å²) in [5.41, 5.74) is 4.61. The standard InChI is InChI=1S/C28H30FN3O2/c29-24-9-11-26(12-10-24)34-18-17-31-15-4-7-25(20-31)30-28(33)32-16-14-23-19-22(8-13-27(23)32)21-5-2-1-3-6-21/h1-3,5-6,8-13,19,25H,4,7,14-18,20H2,(H,30,33). The number of carbonyl (C=O) groups is 1. The molecule has 1 unspecified atom stereocenters. The van der Waals surface area contributed by atoms with E-state index in [0.29, 0.717) is 18.9 Å². The number of nitrogens with zero attached hydrogens (tertiary/aromatic N) is 2. The molecule has 1 atom stereocenters. The summed E-state index contributed by atoms with van der Waals surface area (Å²) >= 11 is 0. The van der Waals surface area contributed by atoms with Crippen LogP contribution in [0.1, 0.15) is 18.4 Å². The van der Waals surface area contributed by atoms with Gasteiger partial charge in [0, 0.05) is 31.4 Å². The smallest absolute Gasteiger partial charge is 0.322 e. The largest absolute Gasteiger partial charge is 0.492 e. The summed E-state index contributed by atoms with van der Waals surface area (Å²) in [5, 5.41) is 3.26. The van der Waals surface area contributed by atoms with Crippen molar-refractivity contribution in [3.05, 3.63) is 84.2 Å². The highest BCUT2D eigenvalue weighted by atomic mass is 19.1. The fourth-order valence-electron chi connectivity index (χ4n) is 4.88. The van der Waals surface area contributed by atoms with Crippen LogP contribution < -0.4 is 15.0 Å². The zero-order valence-electron chi connectivity index (χ0n) is 19.3. The van der Waals surface area contributed by atoms with Gasteiger partial charge in [-0.15, -0.1) is 0 Å². The Morgan fingerprint density at radius 2 is 1.82 bits per heavy atom. The van der Waals surface area contributed by atoms with Crippen molar-refractivity contribution in [2.24, 2.45) is 0 Å². The number of hydrogen-bond donors (Lipinski definition) is 1. The van der Waals surface area contributed by atoms with Gasteiger partial charge in [-0.3, -0.25) is 9.80 Å². The molecule has 0 saturated carbocycles. The molecule has 5 rings (SSSR count). The SMILES string of the molecule is O=C(NC1CCCN(CCOc2ccc(F)cc2)C1)N1CCc2cc(-c3ccccc3)ccc21. The van der Waals surface area contributed by atoms with Crippen LogP contribution in [-0.2, 0) is 6.42 Å². The van der Waals surface area contributed by atoms with Crippen molar-refractivity contribution in [1.29, 1.82) is 0 Å². The van der Waals surface area contributed by atoms with Gasteiger partial charge in [0.05, 0.1) is 0 Å². The highest BCUT2D eigenvalue weighted by Crippen LogP contribution is 2.32. The van der Waals surface area contributed by atoms with Crippen LogP contribution in [0, 0.1) is 5.82 Å². The van der Waals surface area contributed by atoms with Crippen molar-refractivity contribution < 1.29 is 13.9 Å². The number of benzene rings is 3. The molecule has 3 aromatic rings. The van der Waals surface area contributed by atoms with E-state index >= 15 is 0 Å². The number of hydrogen-bond acceptors (Lipinski definition) is 3. The van der Waals surface area contributed by atoms with Gasteiger partial charge in [0.2, 0.25) is 0 Å². The molecule has 0 bridgehead atoms. The number of nitrogens with one attached hydrogen (secondary N) is 1. The molecule has 5 nitrogen and oxygen atoms in total. The van der Waals surface area contributed by atoms with Gasteiger partial charge in [-0.2, -0.15) is 0 Å². The third kappa shape index (κ3) is 5.23. The van der Waals surface area contributed by atoms with Gasteiger partial charge in [-0.05, 0) is 78.9 Å². The second-order valence-corrected chi connectivity index (χ2v) is 9.00. The third-order valence-electron chi connectivity index (χ3n) is 6.65. The van der Waals surface area contributed by atoms with Crippen molar-refractivity contribution in [2.45, 2.75) is 25.3 Å². The number of piperidine rings is 1. The van der Waals surface area contributed by atoms with Gasteiger partial charge in [0.1, 0.15) is 18.2 Å². The summed E-state index contributed by atoms with van der Waals surface area (Å²) in [5.74, 6) is 0.408. The minimum absolute atomic E-state index is 0.0133. The van der Waals surface area contributed by atoms with E-state index in [2.05, 4.69) is 40.5 Å². The molecule has 0 aromatic heterocycles. The molecule has 0 aliphatic carbocycles. The molecule has 2 amide bonds. The van der Waals surface area contributed by atoms with Crippen LogP contribution in [0.2, 0.25) is 0 Å². The molecule has 2 heterocycles. The molecule has 2 aliphatic heterocycles. The second-order valence-electron chi connectivity index (χ2n) is 9.00. The van der Waals surface area contributed by atoms with E-state index in [9.17, 15) is 9.18 Å². The molecule has 0 spiro atoms. The topological polar surface area (TPSA) is 44.8 Å². The first-order chi connectivity index (χ1) is 16.7. The Morgan fingerprint density at radius 1 is 1.00 bits per heavy atom. The molecule has 2 aliphatic rings. The molecule has 176 valence electrons. The predicted octanol–water partition coefficient (Wildman–Crippen LogP) is 5.11. The molecular formula is C28H30FN3O2. The lowest BCUT2D eigenvalue weighted by molar-refractivity contribution is 0.160. The lowest BCUT2D eigenvalue weighted by Gasteiger charge is -2.34. The lowest BCUT2D eigenvalue weighted by atomic mass is 10.0. The number of carbonyl (C=O) groups excluding carboxylic acids is 1. The van der Waals surface area contributed by atoms with Crippen LogP contribution in [0.15, 0.2) is 72.8 Å². The minimum atomic E-state index is -0.265. The molecule has 1 saturated heterocycles. The van der Waals surface area contributed by atoms with Gasteiger partial charge < -0.3 is 10.1 Å². The molecular weight excluding hydrogens is 429 g/mol. The Balaban J connectivity index is 1.14. The maximum atomic E-state index is 13.1. The van der Waals surface area contributed by atoms with Gasteiger partial charge in [-0.25, -0.2) is 9.18 Å². The Morgan fingerprint density at radius 3 is 2.65 bits per heavy atom. The second kappa shape index (κ2) is 10.3. The predicted molar refractivity (Wildman–Crippen MR) is 133 cm³/mol. The summed E-state index contributed by atoms with van der Waals surface area (Å²) < 4.78 is 18.8. The van der Waals surface area contributed by atoms with Crippen molar-refractivity contribution in [3.8, 4) is 16.9 Å². The first kappa shape index (κ1) is 22.4. The molecule has 1 N–H and O–H groups in total. The number of fused-ring (bicyclic) bond motifs is 1. The Kier molecular flexibility index (Phi) is 6.77. The number of rotatable bonds is 6. The number of urea groups is 1. The highest BCUT2D eigenvalue weighted by molar-refractivity contribution is 5.95. The Bertz CT molecular complexity index is 1120. The molecule has 3 aromatic carbocycles. The van der Waals surface area contributed by atoms with Gasteiger partial charge >= 0.3 is 6.03 Å². The van der Waals surface area contributed by atoms with Crippen molar-refractivity contribution in [2.75, 3.05) is 37.7 Å². The van der Waals surface area contributed by atoms with E-state index in [0.717, 1.165) is 44.6 Å². The van der Waals surface area contributed by atoms with E-state index < -0.39 is 0 Å². The number of likely N-dealkylation sites (tertiary alicyclic amines) is 1. The van der Waals surface area contributed by atoms with Crippen molar-refractivity contribution in [1.82, 2.24) is 10.2 Å².